The number of rotatable bonds is 4. The standard InChI is InChI=1S/C22H24N2O2/c1-15(2)17-8-10-19(11-9-17)23-22(26)14-21-20-7-5-4-6-18(20)12-13-24(21)16(3)25/h4-13,15,21H,14H2,1-3H3,(H,23,26)/t21-/m0/s1. The zero-order valence-electron chi connectivity index (χ0n) is 15.4. The molecule has 0 spiro atoms. The summed E-state index contributed by atoms with van der Waals surface area (Å²) < 4.78 is 0. The van der Waals surface area contributed by atoms with Gasteiger partial charge in [-0.1, -0.05) is 50.2 Å². The molecule has 0 radical (unpaired) electrons. The van der Waals surface area contributed by atoms with E-state index in [0.29, 0.717) is 5.92 Å². The number of fused-ring (bicyclic) bond motifs is 1. The Bertz CT molecular complexity index is 837. The van der Waals surface area contributed by atoms with Crippen molar-refractivity contribution in [2.24, 2.45) is 0 Å². The lowest BCUT2D eigenvalue weighted by Crippen LogP contribution is -2.33. The minimum Gasteiger partial charge on any atom is -0.326 e. The van der Waals surface area contributed by atoms with Gasteiger partial charge in [-0.2, -0.15) is 0 Å². The SMILES string of the molecule is CC(=O)N1C=Cc2ccccc2[C@@H]1CC(=O)Nc1ccc(C(C)C)cc1. The third-order valence-corrected chi connectivity index (χ3v) is 4.71. The summed E-state index contributed by atoms with van der Waals surface area (Å²) in [5.74, 6) is 0.271. The van der Waals surface area contributed by atoms with Gasteiger partial charge in [-0.3, -0.25) is 9.59 Å². The topological polar surface area (TPSA) is 49.4 Å². The van der Waals surface area contributed by atoms with Crippen molar-refractivity contribution in [1.82, 2.24) is 4.90 Å². The molecule has 1 heterocycles. The molecule has 1 atom stereocenters. The Kier molecular flexibility index (Phi) is 5.21. The normalized spacial score (nSPS) is 15.7. The van der Waals surface area contributed by atoms with Gasteiger partial charge in [0.2, 0.25) is 11.8 Å². The molecule has 2 aromatic rings. The number of benzene rings is 2. The number of nitrogens with zero attached hydrogens (tertiary/aromatic N) is 1. The average molecular weight is 348 g/mol. The molecule has 1 aliphatic rings. The van der Waals surface area contributed by atoms with Crippen LogP contribution in [0, 0.1) is 0 Å². The summed E-state index contributed by atoms with van der Waals surface area (Å²) in [5.41, 5.74) is 4.05. The maximum absolute atomic E-state index is 12.6. The molecule has 4 heteroatoms. The van der Waals surface area contributed by atoms with Crippen LogP contribution in [0.2, 0.25) is 0 Å². The molecule has 1 aliphatic heterocycles. The summed E-state index contributed by atoms with van der Waals surface area (Å²) in [6, 6.07) is 15.5. The molecule has 3 rings (SSSR count). The Labute approximate surface area is 154 Å². The Morgan fingerprint density at radius 3 is 2.42 bits per heavy atom. The maximum atomic E-state index is 12.6. The van der Waals surface area contributed by atoms with E-state index in [1.54, 1.807) is 11.1 Å². The van der Waals surface area contributed by atoms with E-state index < -0.39 is 0 Å². The van der Waals surface area contributed by atoms with Crippen molar-refractivity contribution in [2.45, 2.75) is 39.2 Å². The predicted octanol–water partition coefficient (Wildman–Crippen LogP) is 4.71. The van der Waals surface area contributed by atoms with Crippen LogP contribution in [0.1, 0.15) is 55.8 Å². The molecule has 2 aromatic carbocycles. The highest BCUT2D eigenvalue weighted by atomic mass is 16.2. The van der Waals surface area contributed by atoms with Crippen molar-refractivity contribution < 1.29 is 9.59 Å². The first-order valence-electron chi connectivity index (χ1n) is 8.91. The fourth-order valence-electron chi connectivity index (χ4n) is 3.25. The zero-order valence-corrected chi connectivity index (χ0v) is 15.4. The lowest BCUT2D eigenvalue weighted by molar-refractivity contribution is -0.129. The van der Waals surface area contributed by atoms with E-state index in [4.69, 9.17) is 0 Å². The number of carbonyl (C=O) groups is 2. The molecular formula is C22H24N2O2. The highest BCUT2D eigenvalue weighted by Crippen LogP contribution is 2.33. The van der Waals surface area contributed by atoms with Crippen LogP contribution in [0.4, 0.5) is 5.69 Å². The van der Waals surface area contributed by atoms with Crippen molar-refractivity contribution in [3.8, 4) is 0 Å². The highest BCUT2D eigenvalue weighted by molar-refractivity contribution is 5.92. The molecule has 0 aromatic heterocycles. The predicted molar refractivity (Wildman–Crippen MR) is 105 cm³/mol. The molecule has 2 amide bonds. The van der Waals surface area contributed by atoms with Crippen LogP contribution < -0.4 is 5.32 Å². The van der Waals surface area contributed by atoms with Crippen LogP contribution in [0.15, 0.2) is 54.7 Å². The van der Waals surface area contributed by atoms with E-state index in [0.717, 1.165) is 16.8 Å². The lowest BCUT2D eigenvalue weighted by atomic mass is 9.93. The Balaban J connectivity index is 1.76. The third kappa shape index (κ3) is 3.85. The first kappa shape index (κ1) is 17.9. The molecule has 0 bridgehead atoms. The van der Waals surface area contributed by atoms with Gasteiger partial charge >= 0.3 is 0 Å². The average Bonchev–Trinajstić information content (AvgIpc) is 2.62. The summed E-state index contributed by atoms with van der Waals surface area (Å²) >= 11 is 0. The molecule has 134 valence electrons. The quantitative estimate of drug-likeness (QED) is 0.870. The molecule has 0 fully saturated rings. The maximum Gasteiger partial charge on any atom is 0.226 e. The largest absolute Gasteiger partial charge is 0.326 e. The van der Waals surface area contributed by atoms with Gasteiger partial charge in [0.25, 0.3) is 0 Å². The third-order valence-electron chi connectivity index (χ3n) is 4.71. The monoisotopic (exact) mass is 348 g/mol. The van der Waals surface area contributed by atoms with Crippen molar-refractivity contribution in [1.29, 1.82) is 0 Å². The summed E-state index contributed by atoms with van der Waals surface area (Å²) in [7, 11) is 0. The van der Waals surface area contributed by atoms with Gasteiger partial charge in [-0.25, -0.2) is 0 Å². The van der Waals surface area contributed by atoms with Crippen molar-refractivity contribution in [3.63, 3.8) is 0 Å². The second kappa shape index (κ2) is 7.56. The van der Waals surface area contributed by atoms with Gasteiger partial charge in [0.1, 0.15) is 0 Å². The van der Waals surface area contributed by atoms with E-state index >= 15 is 0 Å². The van der Waals surface area contributed by atoms with Crippen LogP contribution >= 0.6 is 0 Å². The first-order valence-corrected chi connectivity index (χ1v) is 8.91. The molecule has 4 nitrogen and oxygen atoms in total. The number of amides is 2. The zero-order chi connectivity index (χ0) is 18.7. The highest BCUT2D eigenvalue weighted by Gasteiger charge is 2.28. The fraction of sp³-hybridized carbons (Fsp3) is 0.273. The van der Waals surface area contributed by atoms with Crippen LogP contribution in [-0.4, -0.2) is 16.7 Å². The Morgan fingerprint density at radius 2 is 1.77 bits per heavy atom. The van der Waals surface area contributed by atoms with Crippen LogP contribution in [0.3, 0.4) is 0 Å². The number of nitrogens with one attached hydrogen (secondary N) is 1. The lowest BCUT2D eigenvalue weighted by Gasteiger charge is -2.32. The first-order chi connectivity index (χ1) is 12.5. The van der Waals surface area contributed by atoms with Gasteiger partial charge in [-0.05, 0) is 40.8 Å². The van der Waals surface area contributed by atoms with Crippen LogP contribution in [0.5, 0.6) is 0 Å². The summed E-state index contributed by atoms with van der Waals surface area (Å²) in [6.07, 6.45) is 3.89. The van der Waals surface area contributed by atoms with Crippen molar-refractivity contribution in [3.05, 3.63) is 71.4 Å². The molecule has 0 saturated heterocycles. The summed E-state index contributed by atoms with van der Waals surface area (Å²) in [5, 5.41) is 2.94. The van der Waals surface area contributed by atoms with E-state index in [9.17, 15) is 9.59 Å². The number of anilines is 1. The van der Waals surface area contributed by atoms with Gasteiger partial charge < -0.3 is 10.2 Å². The summed E-state index contributed by atoms with van der Waals surface area (Å²) in [6.45, 7) is 5.80. The molecule has 26 heavy (non-hydrogen) atoms. The number of carbonyl (C=O) groups excluding carboxylic acids is 2. The molecule has 0 aliphatic carbocycles. The van der Waals surface area contributed by atoms with E-state index in [2.05, 4.69) is 19.2 Å². The Hall–Kier alpha value is -2.88. The van der Waals surface area contributed by atoms with Gasteiger partial charge in [0.15, 0.2) is 0 Å². The molecule has 1 N–H and O–H groups in total. The number of hydrogen-bond acceptors (Lipinski definition) is 2. The fourth-order valence-corrected chi connectivity index (χ4v) is 3.25. The minimum atomic E-state index is -0.288. The minimum absolute atomic E-state index is 0.0742. The van der Waals surface area contributed by atoms with E-state index in [1.807, 2.05) is 54.6 Å². The van der Waals surface area contributed by atoms with Crippen LogP contribution in [0.25, 0.3) is 6.08 Å². The van der Waals surface area contributed by atoms with Gasteiger partial charge in [0, 0.05) is 18.8 Å². The second-order valence-electron chi connectivity index (χ2n) is 6.92. The molecular weight excluding hydrogens is 324 g/mol. The van der Waals surface area contributed by atoms with Crippen LogP contribution in [-0.2, 0) is 9.59 Å². The van der Waals surface area contributed by atoms with E-state index in [-0.39, 0.29) is 24.3 Å². The molecule has 0 unspecified atom stereocenters. The second-order valence-corrected chi connectivity index (χ2v) is 6.92. The Morgan fingerprint density at radius 1 is 1.08 bits per heavy atom. The van der Waals surface area contributed by atoms with E-state index in [1.165, 1.54) is 12.5 Å². The van der Waals surface area contributed by atoms with Crippen molar-refractivity contribution in [2.75, 3.05) is 5.32 Å². The number of hydrogen-bond donors (Lipinski definition) is 1. The summed E-state index contributed by atoms with van der Waals surface area (Å²) in [4.78, 5) is 26.2. The smallest absolute Gasteiger partial charge is 0.226 e. The van der Waals surface area contributed by atoms with Gasteiger partial charge in [-0.15, -0.1) is 0 Å². The molecule has 0 saturated carbocycles. The van der Waals surface area contributed by atoms with Crippen molar-refractivity contribution >= 4 is 23.6 Å². The van der Waals surface area contributed by atoms with Gasteiger partial charge in [0.05, 0.1) is 12.5 Å².